The van der Waals surface area contributed by atoms with E-state index in [1.54, 1.807) is 25.1 Å². The van der Waals surface area contributed by atoms with Crippen molar-refractivity contribution in [3.05, 3.63) is 49.9 Å². The molecule has 0 aliphatic rings. The van der Waals surface area contributed by atoms with Gasteiger partial charge in [0.15, 0.2) is 0 Å². The number of nitrogens with two attached hydrogens (primary N) is 1. The summed E-state index contributed by atoms with van der Waals surface area (Å²) in [6.07, 6.45) is 0. The number of anilines is 2. The minimum Gasteiger partial charge on any atom is -0.398 e. The van der Waals surface area contributed by atoms with Crippen LogP contribution in [0.4, 0.5) is 11.4 Å². The van der Waals surface area contributed by atoms with E-state index < -0.39 is 10.0 Å². The molecule has 0 bridgehead atoms. The molecule has 0 unspecified atom stereocenters. The topological polar surface area (TPSA) is 72.2 Å². The van der Waals surface area contributed by atoms with Crippen LogP contribution in [0.25, 0.3) is 0 Å². The zero-order valence-corrected chi connectivity index (χ0v) is 15.6. The second-order valence-corrected chi connectivity index (χ2v) is 8.14. The first-order chi connectivity index (χ1) is 9.70. The van der Waals surface area contributed by atoms with E-state index in [-0.39, 0.29) is 4.90 Å². The van der Waals surface area contributed by atoms with Gasteiger partial charge in [-0.15, -0.1) is 0 Å². The van der Waals surface area contributed by atoms with E-state index in [4.69, 9.17) is 17.3 Å². The van der Waals surface area contributed by atoms with E-state index >= 15 is 0 Å². The highest BCUT2D eigenvalue weighted by molar-refractivity contribution is 9.11. The Hall–Kier alpha value is -0.760. The molecule has 2 aromatic carbocycles. The molecule has 0 atom stereocenters. The molecule has 0 saturated heterocycles. The van der Waals surface area contributed by atoms with Crippen molar-refractivity contribution in [2.45, 2.75) is 11.8 Å². The van der Waals surface area contributed by atoms with Crippen LogP contribution in [-0.4, -0.2) is 8.42 Å². The minimum absolute atomic E-state index is 0.127. The lowest BCUT2D eigenvalue weighted by atomic mass is 10.2. The summed E-state index contributed by atoms with van der Waals surface area (Å²) >= 11 is 12.5. The molecule has 0 fully saturated rings. The third kappa shape index (κ3) is 3.71. The number of nitrogens with one attached hydrogen (secondary N) is 1. The SMILES string of the molecule is Cc1cc(Br)c(N)cc1S(=O)(=O)Nc1ccc(Br)c(Cl)c1. The van der Waals surface area contributed by atoms with Gasteiger partial charge < -0.3 is 5.73 Å². The molecule has 0 radical (unpaired) electrons. The second-order valence-electron chi connectivity index (χ2n) is 4.37. The molecule has 0 saturated carbocycles. The van der Waals surface area contributed by atoms with Gasteiger partial charge in [0.1, 0.15) is 0 Å². The van der Waals surface area contributed by atoms with Crippen molar-refractivity contribution in [3.8, 4) is 0 Å². The maximum Gasteiger partial charge on any atom is 0.262 e. The van der Waals surface area contributed by atoms with Gasteiger partial charge in [-0.2, -0.15) is 0 Å². The first-order valence-electron chi connectivity index (χ1n) is 5.74. The summed E-state index contributed by atoms with van der Waals surface area (Å²) in [6.45, 7) is 1.70. The normalized spacial score (nSPS) is 11.4. The van der Waals surface area contributed by atoms with E-state index in [1.807, 2.05) is 0 Å². The fourth-order valence-corrected chi connectivity index (χ4v) is 3.92. The molecule has 8 heteroatoms. The van der Waals surface area contributed by atoms with Crippen LogP contribution in [0, 0.1) is 6.92 Å². The van der Waals surface area contributed by atoms with Gasteiger partial charge in [0, 0.05) is 14.6 Å². The quantitative estimate of drug-likeness (QED) is 0.668. The smallest absolute Gasteiger partial charge is 0.262 e. The van der Waals surface area contributed by atoms with Gasteiger partial charge in [0.05, 0.1) is 15.6 Å². The van der Waals surface area contributed by atoms with Crippen LogP contribution in [0.15, 0.2) is 44.2 Å². The number of nitrogen functional groups attached to an aromatic ring is 1. The second kappa shape index (κ2) is 6.16. The standard InChI is InChI=1S/C13H11Br2ClN2O2S/c1-7-4-10(15)12(17)6-13(7)21(19,20)18-8-2-3-9(14)11(16)5-8/h2-6,18H,17H2,1H3. The maximum absolute atomic E-state index is 12.4. The van der Waals surface area contributed by atoms with Crippen molar-refractivity contribution < 1.29 is 8.42 Å². The number of halogens is 3. The van der Waals surface area contributed by atoms with Gasteiger partial charge in [0.2, 0.25) is 0 Å². The highest BCUT2D eigenvalue weighted by Gasteiger charge is 2.19. The number of rotatable bonds is 3. The Bertz CT molecular complexity index is 810. The van der Waals surface area contributed by atoms with Gasteiger partial charge in [-0.1, -0.05) is 11.6 Å². The molecule has 2 rings (SSSR count). The van der Waals surface area contributed by atoms with Crippen LogP contribution < -0.4 is 10.5 Å². The Balaban J connectivity index is 2.43. The van der Waals surface area contributed by atoms with Crippen LogP contribution in [0.1, 0.15) is 5.56 Å². The molecular formula is C13H11Br2ClN2O2S. The van der Waals surface area contributed by atoms with E-state index in [9.17, 15) is 8.42 Å². The van der Waals surface area contributed by atoms with Crippen molar-refractivity contribution in [3.63, 3.8) is 0 Å². The Morgan fingerprint density at radius 3 is 2.43 bits per heavy atom. The molecule has 0 amide bonds. The third-order valence-electron chi connectivity index (χ3n) is 2.76. The molecule has 0 aliphatic heterocycles. The molecule has 3 N–H and O–H groups in total. The zero-order valence-electron chi connectivity index (χ0n) is 10.8. The summed E-state index contributed by atoms with van der Waals surface area (Å²) in [6, 6.07) is 7.90. The van der Waals surface area contributed by atoms with Gasteiger partial charge in [0.25, 0.3) is 10.0 Å². The van der Waals surface area contributed by atoms with Crippen molar-refractivity contribution in [1.82, 2.24) is 0 Å². The van der Waals surface area contributed by atoms with Crippen molar-refractivity contribution in [1.29, 1.82) is 0 Å². The Labute approximate surface area is 145 Å². The van der Waals surface area contributed by atoms with Crippen molar-refractivity contribution >= 4 is 64.9 Å². The number of hydrogen-bond acceptors (Lipinski definition) is 3. The van der Waals surface area contributed by atoms with Crippen LogP contribution in [-0.2, 0) is 10.0 Å². The number of aryl methyl sites for hydroxylation is 1. The lowest BCUT2D eigenvalue weighted by Gasteiger charge is -2.12. The summed E-state index contributed by atoms with van der Waals surface area (Å²) in [5, 5.41) is 0.419. The van der Waals surface area contributed by atoms with Gasteiger partial charge in [-0.05, 0) is 74.7 Å². The number of hydrogen-bond donors (Lipinski definition) is 2. The highest BCUT2D eigenvalue weighted by atomic mass is 79.9. The molecule has 21 heavy (non-hydrogen) atoms. The van der Waals surface area contributed by atoms with Gasteiger partial charge in [-0.3, -0.25) is 4.72 Å². The third-order valence-corrected chi connectivity index (χ3v) is 6.20. The summed E-state index contributed by atoms with van der Waals surface area (Å²) in [7, 11) is -3.74. The summed E-state index contributed by atoms with van der Waals surface area (Å²) in [5.74, 6) is 0. The molecular weight excluding hydrogens is 443 g/mol. The summed E-state index contributed by atoms with van der Waals surface area (Å²) in [4.78, 5) is 0.127. The fraction of sp³-hybridized carbons (Fsp3) is 0.0769. The molecule has 0 aliphatic carbocycles. The predicted molar refractivity (Wildman–Crippen MR) is 93.3 cm³/mol. The van der Waals surface area contributed by atoms with Crippen molar-refractivity contribution in [2.75, 3.05) is 10.5 Å². The maximum atomic E-state index is 12.4. The van der Waals surface area contributed by atoms with E-state index in [0.29, 0.717) is 30.9 Å². The first kappa shape index (κ1) is 16.6. The van der Waals surface area contributed by atoms with Crippen LogP contribution in [0.2, 0.25) is 5.02 Å². The first-order valence-corrected chi connectivity index (χ1v) is 9.19. The van der Waals surface area contributed by atoms with E-state index in [0.717, 1.165) is 0 Å². The predicted octanol–water partition coefficient (Wildman–Crippen LogP) is 4.56. The van der Waals surface area contributed by atoms with Crippen LogP contribution >= 0.6 is 43.5 Å². The zero-order chi connectivity index (χ0) is 15.8. The summed E-state index contributed by atoms with van der Waals surface area (Å²) < 4.78 is 28.7. The molecule has 2 aromatic rings. The lowest BCUT2D eigenvalue weighted by Crippen LogP contribution is -2.14. The number of sulfonamides is 1. The van der Waals surface area contributed by atoms with Crippen molar-refractivity contribution in [2.24, 2.45) is 0 Å². The van der Waals surface area contributed by atoms with Crippen LogP contribution in [0.5, 0.6) is 0 Å². The Morgan fingerprint density at radius 2 is 1.81 bits per heavy atom. The largest absolute Gasteiger partial charge is 0.398 e. The molecule has 0 spiro atoms. The molecule has 112 valence electrons. The van der Waals surface area contributed by atoms with Gasteiger partial charge >= 0.3 is 0 Å². The minimum atomic E-state index is -3.74. The van der Waals surface area contributed by atoms with E-state index in [1.165, 1.54) is 12.1 Å². The summed E-state index contributed by atoms with van der Waals surface area (Å²) in [5.41, 5.74) is 7.08. The highest BCUT2D eigenvalue weighted by Crippen LogP contribution is 2.30. The fourth-order valence-electron chi connectivity index (χ4n) is 1.73. The average molecular weight is 455 g/mol. The number of benzene rings is 2. The Kier molecular flexibility index (Phi) is 4.87. The Morgan fingerprint density at radius 1 is 1.14 bits per heavy atom. The van der Waals surface area contributed by atoms with Gasteiger partial charge in [-0.25, -0.2) is 8.42 Å². The van der Waals surface area contributed by atoms with Crippen LogP contribution in [0.3, 0.4) is 0 Å². The lowest BCUT2D eigenvalue weighted by molar-refractivity contribution is 0.600. The average Bonchev–Trinajstić information content (AvgIpc) is 2.37. The van der Waals surface area contributed by atoms with E-state index in [2.05, 4.69) is 36.6 Å². The molecule has 0 aromatic heterocycles. The monoisotopic (exact) mass is 452 g/mol. The molecule has 4 nitrogen and oxygen atoms in total. The molecule has 0 heterocycles.